The zero-order valence-corrected chi connectivity index (χ0v) is 16.6. The van der Waals surface area contributed by atoms with E-state index in [-0.39, 0.29) is 30.8 Å². The van der Waals surface area contributed by atoms with Crippen LogP contribution in [0.3, 0.4) is 0 Å². The fourth-order valence-electron chi connectivity index (χ4n) is 3.25. The van der Waals surface area contributed by atoms with Gasteiger partial charge in [-0.3, -0.25) is 23.5 Å². The number of aromatic nitrogens is 2. The Balaban J connectivity index is 1.79. The lowest BCUT2D eigenvalue weighted by molar-refractivity contribution is -0.118. The molecular formula is C21H23N5O4. The van der Waals surface area contributed by atoms with Crippen molar-refractivity contribution in [3.8, 4) is 0 Å². The first-order valence-corrected chi connectivity index (χ1v) is 9.55. The van der Waals surface area contributed by atoms with Crippen molar-refractivity contribution in [2.24, 2.45) is 5.73 Å². The molecule has 3 rings (SSSR count). The van der Waals surface area contributed by atoms with Gasteiger partial charge in [-0.25, -0.2) is 4.79 Å². The number of imidazole rings is 1. The normalized spacial score (nSPS) is 10.7. The smallest absolute Gasteiger partial charge is 0.329 e. The molecule has 0 radical (unpaired) electrons. The molecule has 9 nitrogen and oxygen atoms in total. The highest BCUT2D eigenvalue weighted by Crippen LogP contribution is 2.16. The number of benzene rings is 2. The van der Waals surface area contributed by atoms with Gasteiger partial charge in [-0.05, 0) is 31.2 Å². The van der Waals surface area contributed by atoms with Crippen molar-refractivity contribution in [3.05, 3.63) is 64.6 Å². The fourth-order valence-corrected chi connectivity index (χ4v) is 3.25. The van der Waals surface area contributed by atoms with Crippen LogP contribution in [0.4, 0.5) is 5.69 Å². The third-order valence-electron chi connectivity index (χ3n) is 4.65. The maximum atomic E-state index is 12.7. The van der Waals surface area contributed by atoms with Crippen LogP contribution in [0.1, 0.15) is 23.7 Å². The standard InChI is InChI=1S/C21H23N5O4/c1-2-25-16-9-5-6-10-17(16)26(21(25)30)13-19(28)24-15-8-4-3-7-14(15)20(29)23-12-11-18(22)27/h3-10H,2,11-13H2,1H3,(H2,22,27)(H,23,29)(H,24,28). The van der Waals surface area contributed by atoms with Crippen LogP contribution in [0, 0.1) is 0 Å². The number of nitrogens with two attached hydrogens (primary N) is 1. The third kappa shape index (κ3) is 4.40. The molecule has 3 aromatic rings. The lowest BCUT2D eigenvalue weighted by Gasteiger charge is -2.11. The van der Waals surface area contributed by atoms with Gasteiger partial charge in [-0.15, -0.1) is 0 Å². The van der Waals surface area contributed by atoms with Crippen LogP contribution in [0.15, 0.2) is 53.3 Å². The number of hydrogen-bond donors (Lipinski definition) is 3. The molecule has 0 saturated heterocycles. The van der Waals surface area contributed by atoms with E-state index in [1.54, 1.807) is 34.9 Å². The molecule has 9 heteroatoms. The van der Waals surface area contributed by atoms with Gasteiger partial charge in [-0.1, -0.05) is 24.3 Å². The van der Waals surface area contributed by atoms with Crippen molar-refractivity contribution in [1.82, 2.24) is 14.5 Å². The second-order valence-corrected chi connectivity index (χ2v) is 6.67. The molecule has 3 amide bonds. The second kappa shape index (κ2) is 9.08. The Morgan fingerprint density at radius 2 is 1.60 bits per heavy atom. The summed E-state index contributed by atoms with van der Waals surface area (Å²) in [4.78, 5) is 48.6. The summed E-state index contributed by atoms with van der Waals surface area (Å²) in [6, 6.07) is 13.8. The fraction of sp³-hybridized carbons (Fsp3) is 0.238. The van der Waals surface area contributed by atoms with Crippen LogP contribution in [-0.4, -0.2) is 33.4 Å². The number of amides is 3. The maximum Gasteiger partial charge on any atom is 0.329 e. The predicted molar refractivity (Wildman–Crippen MR) is 113 cm³/mol. The first-order chi connectivity index (χ1) is 14.4. The molecule has 1 aromatic heterocycles. The molecule has 0 bridgehead atoms. The predicted octanol–water partition coefficient (Wildman–Crippen LogP) is 1.07. The molecule has 0 atom stereocenters. The number of rotatable bonds is 8. The maximum absolute atomic E-state index is 12.7. The van der Waals surface area contributed by atoms with Gasteiger partial charge in [0.25, 0.3) is 5.91 Å². The Kier molecular flexibility index (Phi) is 6.31. The minimum absolute atomic E-state index is 0.0185. The van der Waals surface area contributed by atoms with Gasteiger partial charge < -0.3 is 16.4 Å². The van der Waals surface area contributed by atoms with Crippen LogP contribution >= 0.6 is 0 Å². The van der Waals surface area contributed by atoms with E-state index in [4.69, 9.17) is 5.73 Å². The van der Waals surface area contributed by atoms with Crippen molar-refractivity contribution < 1.29 is 14.4 Å². The molecule has 30 heavy (non-hydrogen) atoms. The Labute approximate surface area is 172 Å². The molecule has 0 aliphatic carbocycles. The molecule has 4 N–H and O–H groups in total. The van der Waals surface area contributed by atoms with Gasteiger partial charge in [0, 0.05) is 19.5 Å². The Morgan fingerprint density at radius 3 is 2.27 bits per heavy atom. The topological polar surface area (TPSA) is 128 Å². The van der Waals surface area contributed by atoms with E-state index in [2.05, 4.69) is 10.6 Å². The van der Waals surface area contributed by atoms with E-state index >= 15 is 0 Å². The summed E-state index contributed by atoms with van der Waals surface area (Å²) < 4.78 is 3.01. The van der Waals surface area contributed by atoms with E-state index in [0.29, 0.717) is 17.7 Å². The van der Waals surface area contributed by atoms with Gasteiger partial charge in [0.15, 0.2) is 0 Å². The molecule has 0 aliphatic rings. The molecule has 1 heterocycles. The average Bonchev–Trinajstić information content (AvgIpc) is 2.99. The van der Waals surface area contributed by atoms with Gasteiger partial charge in [0.2, 0.25) is 11.8 Å². The number of fused-ring (bicyclic) bond motifs is 1. The van der Waals surface area contributed by atoms with Gasteiger partial charge in [0.05, 0.1) is 22.3 Å². The van der Waals surface area contributed by atoms with Crippen molar-refractivity contribution in [2.45, 2.75) is 26.4 Å². The molecule has 0 fully saturated rings. The van der Waals surface area contributed by atoms with Crippen LogP contribution in [0.2, 0.25) is 0 Å². The SMILES string of the molecule is CCn1c(=O)n(CC(=O)Nc2ccccc2C(=O)NCCC(N)=O)c2ccccc21. The Hall–Kier alpha value is -3.88. The summed E-state index contributed by atoms with van der Waals surface area (Å²) in [6.45, 7) is 2.26. The van der Waals surface area contributed by atoms with E-state index < -0.39 is 17.7 Å². The molecular weight excluding hydrogens is 386 g/mol. The molecule has 156 valence electrons. The van der Waals surface area contributed by atoms with Crippen LogP contribution in [0.25, 0.3) is 11.0 Å². The Morgan fingerprint density at radius 1 is 0.967 bits per heavy atom. The van der Waals surface area contributed by atoms with E-state index in [9.17, 15) is 19.2 Å². The highest BCUT2D eigenvalue weighted by molar-refractivity contribution is 6.04. The number of aryl methyl sites for hydroxylation is 1. The van der Waals surface area contributed by atoms with Crippen LogP contribution < -0.4 is 22.1 Å². The monoisotopic (exact) mass is 409 g/mol. The van der Waals surface area contributed by atoms with Crippen molar-refractivity contribution in [1.29, 1.82) is 0 Å². The minimum atomic E-state index is -0.520. The largest absolute Gasteiger partial charge is 0.370 e. The minimum Gasteiger partial charge on any atom is -0.370 e. The van der Waals surface area contributed by atoms with Crippen LogP contribution in [0.5, 0.6) is 0 Å². The lowest BCUT2D eigenvalue weighted by Crippen LogP contribution is -2.31. The highest BCUT2D eigenvalue weighted by Gasteiger charge is 2.17. The van der Waals surface area contributed by atoms with Crippen molar-refractivity contribution in [2.75, 3.05) is 11.9 Å². The van der Waals surface area contributed by atoms with Crippen LogP contribution in [-0.2, 0) is 22.7 Å². The highest BCUT2D eigenvalue weighted by atomic mass is 16.2. The number of carbonyl (C=O) groups is 3. The molecule has 0 saturated carbocycles. The number of primary amides is 1. The first kappa shape index (κ1) is 20.8. The summed E-state index contributed by atoms with van der Waals surface area (Å²) in [5.74, 6) is -1.39. The number of anilines is 1. The van der Waals surface area contributed by atoms with E-state index in [1.165, 1.54) is 4.57 Å². The Bertz CT molecular complexity index is 1160. The van der Waals surface area contributed by atoms with Crippen molar-refractivity contribution >= 4 is 34.4 Å². The molecule has 0 aliphatic heterocycles. The molecule has 0 spiro atoms. The molecule has 2 aromatic carbocycles. The second-order valence-electron chi connectivity index (χ2n) is 6.67. The van der Waals surface area contributed by atoms with Crippen molar-refractivity contribution in [3.63, 3.8) is 0 Å². The number of nitrogens with zero attached hydrogens (tertiary/aromatic N) is 2. The number of nitrogens with one attached hydrogen (secondary N) is 2. The summed E-state index contributed by atoms with van der Waals surface area (Å²) in [5.41, 5.74) is 6.78. The average molecular weight is 409 g/mol. The summed E-state index contributed by atoms with van der Waals surface area (Å²) in [5, 5.41) is 5.29. The first-order valence-electron chi connectivity index (χ1n) is 9.55. The number of hydrogen-bond acceptors (Lipinski definition) is 4. The van der Waals surface area contributed by atoms with Gasteiger partial charge in [-0.2, -0.15) is 0 Å². The summed E-state index contributed by atoms with van der Waals surface area (Å²) in [7, 11) is 0. The zero-order chi connectivity index (χ0) is 21.7. The summed E-state index contributed by atoms with van der Waals surface area (Å²) in [6.07, 6.45) is 0.0185. The zero-order valence-electron chi connectivity index (χ0n) is 16.6. The van der Waals surface area contributed by atoms with E-state index in [0.717, 1.165) is 5.52 Å². The summed E-state index contributed by atoms with van der Waals surface area (Å²) >= 11 is 0. The number of para-hydroxylation sites is 3. The molecule has 0 unspecified atom stereocenters. The lowest BCUT2D eigenvalue weighted by atomic mass is 10.1. The third-order valence-corrected chi connectivity index (χ3v) is 4.65. The van der Waals surface area contributed by atoms with Gasteiger partial charge in [0.1, 0.15) is 6.54 Å². The van der Waals surface area contributed by atoms with Gasteiger partial charge >= 0.3 is 5.69 Å². The van der Waals surface area contributed by atoms with E-state index in [1.807, 2.05) is 25.1 Å². The number of carbonyl (C=O) groups excluding carboxylic acids is 3. The quantitative estimate of drug-likeness (QED) is 0.514.